The van der Waals surface area contributed by atoms with Crippen molar-refractivity contribution in [2.45, 2.75) is 13.8 Å². The van der Waals surface area contributed by atoms with E-state index in [1.54, 1.807) is 60.7 Å². The molecule has 0 saturated carbocycles. The summed E-state index contributed by atoms with van der Waals surface area (Å²) in [4.78, 5) is 25.2. The average Bonchev–Trinajstić information content (AvgIpc) is 2.70. The lowest BCUT2D eigenvalue weighted by Gasteiger charge is -2.12. The summed E-state index contributed by atoms with van der Waals surface area (Å²) in [6.45, 7) is 4.46. The van der Waals surface area contributed by atoms with Crippen LogP contribution in [0.25, 0.3) is 0 Å². The molecule has 2 amide bonds. The van der Waals surface area contributed by atoms with E-state index in [1.807, 2.05) is 26.0 Å². The zero-order valence-electron chi connectivity index (χ0n) is 15.9. The van der Waals surface area contributed by atoms with Crippen LogP contribution < -0.4 is 15.4 Å². The highest BCUT2D eigenvalue weighted by Crippen LogP contribution is 2.20. The Kier molecular flexibility index (Phi) is 6.07. The van der Waals surface area contributed by atoms with E-state index in [4.69, 9.17) is 4.74 Å². The number of carbonyl (C=O) groups excluding carboxylic acids is 2. The number of hydrogen-bond acceptors (Lipinski definition) is 3. The highest BCUT2D eigenvalue weighted by Gasteiger charge is 2.14. The molecule has 142 valence electrons. The maximum Gasteiger partial charge on any atom is 0.257 e. The van der Waals surface area contributed by atoms with Crippen molar-refractivity contribution < 1.29 is 14.3 Å². The smallest absolute Gasteiger partial charge is 0.257 e. The Balaban J connectivity index is 1.74. The van der Waals surface area contributed by atoms with Gasteiger partial charge in [-0.2, -0.15) is 0 Å². The van der Waals surface area contributed by atoms with Gasteiger partial charge in [0.25, 0.3) is 11.8 Å². The van der Waals surface area contributed by atoms with Crippen molar-refractivity contribution in [1.82, 2.24) is 0 Å². The summed E-state index contributed by atoms with van der Waals surface area (Å²) < 4.78 is 5.40. The Hall–Kier alpha value is -3.60. The molecule has 0 atom stereocenters. The first kappa shape index (κ1) is 19.2. The van der Waals surface area contributed by atoms with Crippen LogP contribution in [0.4, 0.5) is 11.4 Å². The van der Waals surface area contributed by atoms with Crippen LogP contribution in [0.15, 0.2) is 72.8 Å². The Bertz CT molecular complexity index is 964. The van der Waals surface area contributed by atoms with Gasteiger partial charge >= 0.3 is 0 Å². The molecular formula is C23H22N2O3. The normalized spacial score (nSPS) is 10.2. The zero-order valence-corrected chi connectivity index (χ0v) is 15.9. The van der Waals surface area contributed by atoms with Gasteiger partial charge in [0.05, 0.1) is 17.9 Å². The van der Waals surface area contributed by atoms with Crippen molar-refractivity contribution in [2.24, 2.45) is 0 Å². The summed E-state index contributed by atoms with van der Waals surface area (Å²) in [5.41, 5.74) is 3.10. The van der Waals surface area contributed by atoms with Crippen molar-refractivity contribution in [3.63, 3.8) is 0 Å². The van der Waals surface area contributed by atoms with Crippen LogP contribution in [0.3, 0.4) is 0 Å². The molecule has 0 bridgehead atoms. The van der Waals surface area contributed by atoms with Crippen molar-refractivity contribution in [1.29, 1.82) is 0 Å². The third-order valence-electron chi connectivity index (χ3n) is 4.16. The number of nitrogens with one attached hydrogen (secondary N) is 2. The van der Waals surface area contributed by atoms with E-state index in [0.717, 1.165) is 11.3 Å². The van der Waals surface area contributed by atoms with E-state index in [1.165, 1.54) is 0 Å². The van der Waals surface area contributed by atoms with Crippen LogP contribution in [0, 0.1) is 6.92 Å². The maximum absolute atomic E-state index is 12.7. The fourth-order valence-electron chi connectivity index (χ4n) is 2.69. The minimum absolute atomic E-state index is 0.263. The molecule has 28 heavy (non-hydrogen) atoms. The molecule has 3 rings (SSSR count). The molecule has 0 unspecified atom stereocenters. The lowest BCUT2D eigenvalue weighted by molar-refractivity contribution is 0.102. The molecule has 0 aliphatic heterocycles. The Morgan fingerprint density at radius 2 is 1.50 bits per heavy atom. The molecule has 0 radical (unpaired) electrons. The third-order valence-corrected chi connectivity index (χ3v) is 4.16. The first-order valence-electron chi connectivity index (χ1n) is 9.08. The molecule has 0 fully saturated rings. The largest absolute Gasteiger partial charge is 0.494 e. The number of hydrogen-bond donors (Lipinski definition) is 2. The van der Waals surface area contributed by atoms with E-state index in [9.17, 15) is 9.59 Å². The van der Waals surface area contributed by atoms with E-state index in [-0.39, 0.29) is 11.8 Å². The van der Waals surface area contributed by atoms with Crippen LogP contribution in [-0.4, -0.2) is 18.4 Å². The zero-order chi connectivity index (χ0) is 19.9. The Morgan fingerprint density at radius 3 is 2.18 bits per heavy atom. The van der Waals surface area contributed by atoms with Crippen LogP contribution in [0.5, 0.6) is 5.75 Å². The van der Waals surface area contributed by atoms with Gasteiger partial charge in [0.2, 0.25) is 0 Å². The maximum atomic E-state index is 12.7. The predicted molar refractivity (Wildman–Crippen MR) is 111 cm³/mol. The minimum Gasteiger partial charge on any atom is -0.494 e. The molecule has 0 saturated heterocycles. The summed E-state index contributed by atoms with van der Waals surface area (Å²) in [5, 5.41) is 5.66. The number of anilines is 2. The summed E-state index contributed by atoms with van der Waals surface area (Å²) >= 11 is 0. The average molecular weight is 374 g/mol. The summed E-state index contributed by atoms with van der Waals surface area (Å²) in [7, 11) is 0. The highest BCUT2D eigenvalue weighted by molar-refractivity contribution is 6.12. The fraction of sp³-hybridized carbons (Fsp3) is 0.130. The van der Waals surface area contributed by atoms with Gasteiger partial charge in [-0.3, -0.25) is 9.59 Å². The molecule has 0 aliphatic carbocycles. The standard InChI is InChI=1S/C23H22N2O3/c1-3-28-19-14-12-18(13-15-19)24-23(27)20-6-4-5-7-21(20)25-22(26)17-10-8-16(2)9-11-17/h4-15H,3H2,1-2H3,(H,24,27)(H,25,26). The van der Waals surface area contributed by atoms with Crippen molar-refractivity contribution in [2.75, 3.05) is 17.2 Å². The predicted octanol–water partition coefficient (Wildman–Crippen LogP) is 4.90. The van der Waals surface area contributed by atoms with Crippen LogP contribution in [0.1, 0.15) is 33.2 Å². The van der Waals surface area contributed by atoms with E-state index < -0.39 is 0 Å². The molecule has 0 spiro atoms. The second-order valence-corrected chi connectivity index (χ2v) is 6.28. The molecule has 2 N–H and O–H groups in total. The van der Waals surface area contributed by atoms with Crippen LogP contribution >= 0.6 is 0 Å². The molecule has 0 aromatic heterocycles. The summed E-state index contributed by atoms with van der Waals surface area (Å²) in [6.07, 6.45) is 0. The topological polar surface area (TPSA) is 67.4 Å². The van der Waals surface area contributed by atoms with Gasteiger partial charge in [-0.1, -0.05) is 29.8 Å². The molecule has 3 aromatic carbocycles. The van der Waals surface area contributed by atoms with Gasteiger partial charge in [0, 0.05) is 11.3 Å². The lowest BCUT2D eigenvalue weighted by Crippen LogP contribution is -2.18. The Labute approximate surface area is 164 Å². The van der Waals surface area contributed by atoms with Crippen LogP contribution in [-0.2, 0) is 0 Å². The molecule has 0 heterocycles. The van der Waals surface area contributed by atoms with Gasteiger partial charge < -0.3 is 15.4 Å². The lowest BCUT2D eigenvalue weighted by atomic mass is 10.1. The number of aryl methyl sites for hydroxylation is 1. The first-order chi connectivity index (χ1) is 13.6. The first-order valence-corrected chi connectivity index (χ1v) is 9.08. The number of ether oxygens (including phenoxy) is 1. The van der Waals surface area contributed by atoms with Crippen molar-refractivity contribution in [3.8, 4) is 5.75 Å². The third kappa shape index (κ3) is 4.76. The number of amides is 2. The van der Waals surface area contributed by atoms with E-state index >= 15 is 0 Å². The minimum atomic E-state index is -0.302. The van der Waals surface area contributed by atoms with Crippen molar-refractivity contribution >= 4 is 23.2 Å². The second-order valence-electron chi connectivity index (χ2n) is 6.28. The van der Waals surface area contributed by atoms with Gasteiger partial charge in [-0.05, 0) is 62.4 Å². The molecule has 5 nitrogen and oxygen atoms in total. The monoisotopic (exact) mass is 374 g/mol. The molecule has 3 aromatic rings. The molecule has 0 aliphatic rings. The van der Waals surface area contributed by atoms with Gasteiger partial charge in [0.1, 0.15) is 5.75 Å². The number of carbonyl (C=O) groups is 2. The molecular weight excluding hydrogens is 352 g/mol. The fourth-order valence-corrected chi connectivity index (χ4v) is 2.69. The van der Waals surface area contributed by atoms with Crippen LogP contribution in [0.2, 0.25) is 0 Å². The summed E-state index contributed by atoms with van der Waals surface area (Å²) in [6, 6.07) is 21.3. The SMILES string of the molecule is CCOc1ccc(NC(=O)c2ccccc2NC(=O)c2ccc(C)cc2)cc1. The second kappa shape index (κ2) is 8.86. The quantitative estimate of drug-likeness (QED) is 0.645. The van der Waals surface area contributed by atoms with Gasteiger partial charge in [-0.25, -0.2) is 0 Å². The Morgan fingerprint density at radius 1 is 0.821 bits per heavy atom. The van der Waals surface area contributed by atoms with Crippen molar-refractivity contribution in [3.05, 3.63) is 89.5 Å². The van der Waals surface area contributed by atoms with Gasteiger partial charge in [0.15, 0.2) is 0 Å². The number of para-hydroxylation sites is 1. The highest BCUT2D eigenvalue weighted by atomic mass is 16.5. The van der Waals surface area contributed by atoms with E-state index in [2.05, 4.69) is 10.6 Å². The summed E-state index contributed by atoms with van der Waals surface area (Å²) in [5.74, 6) is 0.177. The van der Waals surface area contributed by atoms with Gasteiger partial charge in [-0.15, -0.1) is 0 Å². The number of rotatable bonds is 6. The molecule has 5 heteroatoms. The number of benzene rings is 3. The van der Waals surface area contributed by atoms with E-state index in [0.29, 0.717) is 29.1 Å².